The largest absolute Gasteiger partial charge is 0.348 e. The van der Waals surface area contributed by atoms with Crippen LogP contribution in [0.2, 0.25) is 0 Å². The van der Waals surface area contributed by atoms with Crippen LogP contribution in [0.3, 0.4) is 0 Å². The zero-order valence-corrected chi connectivity index (χ0v) is 10.7. The Morgan fingerprint density at radius 3 is 2.56 bits per heavy atom. The van der Waals surface area contributed by atoms with Crippen LogP contribution >= 0.6 is 11.6 Å². The number of hydrogen-bond donors (Lipinski definition) is 1. The lowest BCUT2D eigenvalue weighted by molar-refractivity contribution is 0.203. The molecule has 90 valence electrons. The Balaban J connectivity index is 2.79. The number of rotatable bonds is 0. The Labute approximate surface area is 111 Å². The van der Waals surface area contributed by atoms with E-state index in [-0.39, 0.29) is 10.7 Å². The molecule has 2 rings (SSSR count). The summed E-state index contributed by atoms with van der Waals surface area (Å²) in [5.74, 6) is 0. The average molecular weight is 259 g/mol. The molecule has 1 aliphatic heterocycles. The molecule has 1 N–H and O–H groups in total. The molecule has 1 atom stereocenters. The van der Waals surface area contributed by atoms with Gasteiger partial charge in [0, 0.05) is 11.1 Å². The summed E-state index contributed by atoms with van der Waals surface area (Å²) in [7, 11) is 0. The molecule has 0 saturated heterocycles. The maximum absolute atomic E-state index is 9.49. The van der Waals surface area contributed by atoms with Crippen LogP contribution in [-0.2, 0) is 0 Å². The third-order valence-corrected chi connectivity index (χ3v) is 4.22. The number of nitriles is 3. The SMILES string of the molecule is CC12CCCC=C1NC(Cl)=C(C#N)C2(C#N)C#N. The molecule has 1 unspecified atom stereocenters. The lowest BCUT2D eigenvalue weighted by atomic mass is 9.56. The lowest BCUT2D eigenvalue weighted by Crippen LogP contribution is -2.49. The van der Waals surface area contributed by atoms with Crippen LogP contribution in [0.15, 0.2) is 22.5 Å². The van der Waals surface area contributed by atoms with Gasteiger partial charge in [0.25, 0.3) is 0 Å². The molecule has 0 spiro atoms. The van der Waals surface area contributed by atoms with Gasteiger partial charge in [0.1, 0.15) is 16.8 Å². The van der Waals surface area contributed by atoms with E-state index in [2.05, 4.69) is 5.32 Å². The fraction of sp³-hybridized carbons (Fsp3) is 0.462. The number of fused-ring (bicyclic) bond motifs is 1. The Bertz CT molecular complexity index is 568. The monoisotopic (exact) mass is 258 g/mol. The lowest BCUT2D eigenvalue weighted by Gasteiger charge is -2.46. The Morgan fingerprint density at radius 1 is 1.33 bits per heavy atom. The van der Waals surface area contributed by atoms with Crippen molar-refractivity contribution in [1.82, 2.24) is 5.32 Å². The third kappa shape index (κ3) is 1.29. The fourth-order valence-electron chi connectivity index (χ4n) is 2.78. The smallest absolute Gasteiger partial charge is 0.191 e. The molecule has 0 bridgehead atoms. The predicted octanol–water partition coefficient (Wildman–Crippen LogP) is 2.67. The minimum atomic E-state index is -1.50. The molecule has 0 aromatic rings. The zero-order chi connectivity index (χ0) is 13.4. The number of nitrogens with zero attached hydrogens (tertiary/aromatic N) is 3. The third-order valence-electron chi connectivity index (χ3n) is 3.94. The zero-order valence-electron chi connectivity index (χ0n) is 9.92. The summed E-state index contributed by atoms with van der Waals surface area (Å²) in [4.78, 5) is 0. The van der Waals surface area contributed by atoms with Gasteiger partial charge >= 0.3 is 0 Å². The van der Waals surface area contributed by atoms with Gasteiger partial charge in [-0.2, -0.15) is 15.8 Å². The van der Waals surface area contributed by atoms with Crippen molar-refractivity contribution in [1.29, 1.82) is 15.8 Å². The van der Waals surface area contributed by atoms with Crippen molar-refractivity contribution < 1.29 is 0 Å². The van der Waals surface area contributed by atoms with E-state index in [0.29, 0.717) is 6.42 Å². The molecule has 0 aromatic heterocycles. The van der Waals surface area contributed by atoms with Gasteiger partial charge in [0.15, 0.2) is 5.41 Å². The molecule has 0 saturated carbocycles. The molecule has 18 heavy (non-hydrogen) atoms. The van der Waals surface area contributed by atoms with Crippen LogP contribution in [0.4, 0.5) is 0 Å². The van der Waals surface area contributed by atoms with E-state index in [0.717, 1.165) is 18.5 Å². The summed E-state index contributed by atoms with van der Waals surface area (Å²) >= 11 is 6.01. The Hall–Kier alpha value is -1.96. The van der Waals surface area contributed by atoms with Crippen molar-refractivity contribution in [3.63, 3.8) is 0 Å². The summed E-state index contributed by atoms with van der Waals surface area (Å²) in [6.07, 6.45) is 4.42. The first-order valence-corrected chi connectivity index (χ1v) is 6.04. The normalized spacial score (nSPS) is 28.9. The molecule has 4 nitrogen and oxygen atoms in total. The second-order valence-corrected chi connectivity index (χ2v) is 5.12. The van der Waals surface area contributed by atoms with Crippen LogP contribution < -0.4 is 5.32 Å². The van der Waals surface area contributed by atoms with Crippen LogP contribution in [0.5, 0.6) is 0 Å². The number of halogens is 1. The van der Waals surface area contributed by atoms with Crippen molar-refractivity contribution in [3.05, 3.63) is 22.5 Å². The summed E-state index contributed by atoms with van der Waals surface area (Å²) < 4.78 is 0. The van der Waals surface area contributed by atoms with Crippen molar-refractivity contribution in [2.45, 2.75) is 26.2 Å². The molecule has 1 heterocycles. The van der Waals surface area contributed by atoms with Gasteiger partial charge in [0.2, 0.25) is 0 Å². The van der Waals surface area contributed by atoms with Gasteiger partial charge in [-0.25, -0.2) is 0 Å². The molecule has 0 amide bonds. The molecule has 0 radical (unpaired) electrons. The second-order valence-electron chi connectivity index (χ2n) is 4.74. The van der Waals surface area contributed by atoms with E-state index in [1.165, 1.54) is 0 Å². The number of allylic oxidation sites excluding steroid dienone is 3. The topological polar surface area (TPSA) is 83.4 Å². The maximum atomic E-state index is 9.49. The Kier molecular flexibility index (Phi) is 2.81. The minimum absolute atomic E-state index is 0.0238. The average Bonchev–Trinajstić information content (AvgIpc) is 2.37. The van der Waals surface area contributed by atoms with Gasteiger partial charge in [-0.1, -0.05) is 24.6 Å². The maximum Gasteiger partial charge on any atom is 0.191 e. The molecule has 0 aromatic carbocycles. The van der Waals surface area contributed by atoms with Crippen molar-refractivity contribution >= 4 is 11.6 Å². The molecule has 0 fully saturated rings. The molecule has 1 aliphatic carbocycles. The summed E-state index contributed by atoms with van der Waals surface area (Å²) in [6, 6.07) is 5.98. The van der Waals surface area contributed by atoms with E-state index in [1.807, 2.05) is 31.2 Å². The molecular formula is C13H11ClN4. The summed E-state index contributed by atoms with van der Waals surface area (Å²) in [6.45, 7) is 1.85. The van der Waals surface area contributed by atoms with Crippen LogP contribution in [-0.4, -0.2) is 0 Å². The molecular weight excluding hydrogens is 248 g/mol. The highest BCUT2D eigenvalue weighted by Crippen LogP contribution is 2.56. The van der Waals surface area contributed by atoms with E-state index in [4.69, 9.17) is 11.6 Å². The van der Waals surface area contributed by atoms with Crippen molar-refractivity contribution in [2.24, 2.45) is 10.8 Å². The fourth-order valence-corrected chi connectivity index (χ4v) is 3.06. The van der Waals surface area contributed by atoms with Gasteiger partial charge in [-0.15, -0.1) is 0 Å². The first-order chi connectivity index (χ1) is 8.55. The van der Waals surface area contributed by atoms with Crippen LogP contribution in [0.25, 0.3) is 0 Å². The van der Waals surface area contributed by atoms with Crippen molar-refractivity contribution in [2.75, 3.05) is 0 Å². The van der Waals surface area contributed by atoms with E-state index < -0.39 is 10.8 Å². The van der Waals surface area contributed by atoms with Crippen LogP contribution in [0, 0.1) is 44.8 Å². The van der Waals surface area contributed by atoms with E-state index in [9.17, 15) is 15.8 Å². The van der Waals surface area contributed by atoms with Gasteiger partial charge in [-0.3, -0.25) is 0 Å². The highest BCUT2D eigenvalue weighted by atomic mass is 35.5. The Morgan fingerprint density at radius 2 is 2.00 bits per heavy atom. The highest BCUT2D eigenvalue weighted by molar-refractivity contribution is 6.30. The second kappa shape index (κ2) is 4.05. The predicted molar refractivity (Wildman–Crippen MR) is 65.3 cm³/mol. The van der Waals surface area contributed by atoms with Gasteiger partial charge < -0.3 is 5.32 Å². The highest BCUT2D eigenvalue weighted by Gasteiger charge is 2.58. The van der Waals surface area contributed by atoms with E-state index in [1.54, 1.807) is 0 Å². The quantitative estimate of drug-likeness (QED) is 0.677. The molecule has 5 heteroatoms. The van der Waals surface area contributed by atoms with Crippen LogP contribution in [0.1, 0.15) is 26.2 Å². The minimum Gasteiger partial charge on any atom is -0.348 e. The number of nitrogens with one attached hydrogen (secondary N) is 1. The first kappa shape index (κ1) is 12.5. The van der Waals surface area contributed by atoms with E-state index >= 15 is 0 Å². The first-order valence-electron chi connectivity index (χ1n) is 5.66. The number of hydrogen-bond acceptors (Lipinski definition) is 4. The van der Waals surface area contributed by atoms with Gasteiger partial charge in [-0.05, 0) is 19.3 Å². The molecule has 2 aliphatic rings. The standard InChI is InChI=1S/C13H11ClN4/c1-12-5-3-2-4-10(12)18-11(14)9(6-15)13(12,7-16)8-17/h4,18H,2-3,5H2,1H3. The summed E-state index contributed by atoms with van der Waals surface area (Å²) in [5, 5.41) is 31.3. The van der Waals surface area contributed by atoms with Crippen molar-refractivity contribution in [3.8, 4) is 18.2 Å². The summed E-state index contributed by atoms with van der Waals surface area (Å²) in [5.41, 5.74) is -1.40. The van der Waals surface area contributed by atoms with Gasteiger partial charge in [0.05, 0.1) is 12.1 Å².